The van der Waals surface area contributed by atoms with Crippen molar-refractivity contribution >= 4 is 17.7 Å². The van der Waals surface area contributed by atoms with Crippen molar-refractivity contribution in [2.75, 3.05) is 37.7 Å². The average Bonchev–Trinajstić information content (AvgIpc) is 2.96. The molecule has 1 aromatic rings. The first kappa shape index (κ1) is 17.7. The minimum Gasteiger partial charge on any atom is -0.450 e. The van der Waals surface area contributed by atoms with Crippen LogP contribution in [0.5, 0.6) is 0 Å². The van der Waals surface area contributed by atoms with Gasteiger partial charge in [0.05, 0.1) is 32.8 Å². The van der Waals surface area contributed by atoms with Crippen molar-refractivity contribution in [1.29, 1.82) is 0 Å². The Hall–Kier alpha value is -2.08. The molecule has 136 valence electrons. The molecule has 1 aromatic carbocycles. The van der Waals surface area contributed by atoms with Crippen LogP contribution in [0.1, 0.15) is 26.3 Å². The average molecular weight is 346 g/mol. The summed E-state index contributed by atoms with van der Waals surface area (Å²) in [6.07, 6.45) is 0.670. The summed E-state index contributed by atoms with van der Waals surface area (Å²) in [6.45, 7) is 9.15. The Morgan fingerprint density at radius 2 is 1.96 bits per heavy atom. The van der Waals surface area contributed by atoms with Crippen LogP contribution >= 0.6 is 0 Å². The van der Waals surface area contributed by atoms with Gasteiger partial charge in [0.15, 0.2) is 6.04 Å². The molecular weight excluding hydrogens is 318 g/mol. The van der Waals surface area contributed by atoms with Crippen molar-refractivity contribution in [2.24, 2.45) is 0 Å². The Labute approximate surface area is 149 Å². The third-order valence-corrected chi connectivity index (χ3v) is 5.36. The molecule has 0 spiro atoms. The number of piperazine rings is 1. The summed E-state index contributed by atoms with van der Waals surface area (Å²) < 4.78 is 5.06. The molecule has 25 heavy (non-hydrogen) atoms. The number of carbonyl (C=O) groups is 2. The number of para-hydroxylation sites is 1. The van der Waals surface area contributed by atoms with Gasteiger partial charge in [-0.05, 0) is 38.8 Å². The topological polar surface area (TPSA) is 54.3 Å². The molecule has 2 aliphatic rings. The molecule has 1 N–H and O–H groups in total. The summed E-state index contributed by atoms with van der Waals surface area (Å²) in [4.78, 5) is 29.9. The van der Waals surface area contributed by atoms with Crippen LogP contribution in [0.2, 0.25) is 0 Å². The van der Waals surface area contributed by atoms with Crippen molar-refractivity contribution in [2.45, 2.75) is 39.3 Å². The van der Waals surface area contributed by atoms with Gasteiger partial charge in [-0.2, -0.15) is 0 Å². The molecule has 1 saturated heterocycles. The highest BCUT2D eigenvalue weighted by Gasteiger charge is 2.38. The number of hydrogen-bond acceptors (Lipinski definition) is 3. The van der Waals surface area contributed by atoms with Crippen LogP contribution < -0.4 is 9.80 Å². The number of rotatable bonds is 3. The second-order valence-electron chi connectivity index (χ2n) is 6.96. The van der Waals surface area contributed by atoms with E-state index in [0.717, 1.165) is 25.2 Å². The SMILES string of the molecule is CCOC(=O)N1CC[NH+]([C@H](C)C(=O)N2c3ccccc3C[C@@H]2C)CC1. The van der Waals surface area contributed by atoms with Gasteiger partial charge in [-0.15, -0.1) is 0 Å². The fourth-order valence-electron chi connectivity index (χ4n) is 3.91. The molecule has 2 heterocycles. The number of nitrogens with zero attached hydrogens (tertiary/aromatic N) is 2. The van der Waals surface area contributed by atoms with E-state index < -0.39 is 0 Å². The third-order valence-electron chi connectivity index (χ3n) is 5.36. The fraction of sp³-hybridized carbons (Fsp3) is 0.579. The van der Waals surface area contributed by atoms with Crippen LogP contribution in [0.3, 0.4) is 0 Å². The van der Waals surface area contributed by atoms with Gasteiger partial charge in [0.2, 0.25) is 0 Å². The number of quaternary nitrogens is 1. The summed E-state index contributed by atoms with van der Waals surface area (Å²) in [7, 11) is 0. The number of amides is 2. The van der Waals surface area contributed by atoms with E-state index in [1.165, 1.54) is 10.5 Å². The van der Waals surface area contributed by atoms with Crippen LogP contribution in [0.4, 0.5) is 10.5 Å². The van der Waals surface area contributed by atoms with Crippen molar-refractivity contribution in [3.63, 3.8) is 0 Å². The van der Waals surface area contributed by atoms with Gasteiger partial charge in [0.25, 0.3) is 5.91 Å². The molecule has 0 bridgehead atoms. The first-order chi connectivity index (χ1) is 12.0. The van der Waals surface area contributed by atoms with E-state index in [0.29, 0.717) is 19.7 Å². The Balaban J connectivity index is 1.63. The Morgan fingerprint density at radius 1 is 1.28 bits per heavy atom. The van der Waals surface area contributed by atoms with Crippen LogP contribution in [0, 0.1) is 0 Å². The molecule has 0 saturated carbocycles. The second kappa shape index (κ2) is 7.44. The monoisotopic (exact) mass is 346 g/mol. The third kappa shape index (κ3) is 3.49. The van der Waals surface area contributed by atoms with E-state index in [1.807, 2.05) is 36.9 Å². The first-order valence-corrected chi connectivity index (χ1v) is 9.20. The number of hydrogen-bond donors (Lipinski definition) is 1. The van der Waals surface area contributed by atoms with E-state index in [9.17, 15) is 9.59 Å². The van der Waals surface area contributed by atoms with E-state index in [-0.39, 0.29) is 24.1 Å². The van der Waals surface area contributed by atoms with Gasteiger partial charge < -0.3 is 14.5 Å². The summed E-state index contributed by atoms with van der Waals surface area (Å²) in [5, 5.41) is 0. The number of anilines is 1. The lowest BCUT2D eigenvalue weighted by Gasteiger charge is -2.36. The predicted molar refractivity (Wildman–Crippen MR) is 95.8 cm³/mol. The molecular formula is C19H28N3O3+. The first-order valence-electron chi connectivity index (χ1n) is 9.20. The standard InChI is InChI=1S/C19H27N3O3/c1-4-25-19(24)21-11-9-20(10-12-21)15(3)18(23)22-14(2)13-16-7-5-6-8-17(16)22/h5-8,14-15H,4,9-13H2,1-3H3/p+1/t14-,15+/m0/s1. The molecule has 1 fully saturated rings. The Bertz CT molecular complexity index is 641. The summed E-state index contributed by atoms with van der Waals surface area (Å²) in [5.74, 6) is 0.178. The van der Waals surface area contributed by atoms with Crippen LogP contribution in [0.15, 0.2) is 24.3 Å². The molecule has 0 aromatic heterocycles. The molecule has 0 unspecified atom stereocenters. The number of fused-ring (bicyclic) bond motifs is 1. The molecule has 6 heteroatoms. The number of benzene rings is 1. The zero-order chi connectivity index (χ0) is 18.0. The fourth-order valence-corrected chi connectivity index (χ4v) is 3.91. The van der Waals surface area contributed by atoms with E-state index in [1.54, 1.807) is 4.90 Å². The highest BCUT2D eigenvalue weighted by atomic mass is 16.6. The van der Waals surface area contributed by atoms with E-state index >= 15 is 0 Å². The highest BCUT2D eigenvalue weighted by molar-refractivity contribution is 5.98. The quantitative estimate of drug-likeness (QED) is 0.877. The minimum absolute atomic E-state index is 0.113. The number of nitrogens with one attached hydrogen (secondary N) is 1. The largest absolute Gasteiger partial charge is 0.450 e. The zero-order valence-electron chi connectivity index (χ0n) is 15.3. The maximum Gasteiger partial charge on any atom is 0.410 e. The molecule has 3 rings (SSSR count). The van der Waals surface area contributed by atoms with E-state index in [2.05, 4.69) is 13.0 Å². The van der Waals surface area contributed by atoms with Gasteiger partial charge in [0.1, 0.15) is 0 Å². The lowest BCUT2D eigenvalue weighted by molar-refractivity contribution is -0.917. The normalized spacial score (nSPS) is 21.8. The van der Waals surface area contributed by atoms with Gasteiger partial charge in [0, 0.05) is 11.7 Å². The smallest absolute Gasteiger partial charge is 0.410 e. The minimum atomic E-state index is -0.248. The molecule has 0 radical (unpaired) electrons. The Kier molecular flexibility index (Phi) is 5.27. The molecule has 2 atom stereocenters. The van der Waals surface area contributed by atoms with Crippen molar-refractivity contribution < 1.29 is 19.2 Å². The number of ether oxygens (including phenoxy) is 1. The van der Waals surface area contributed by atoms with Crippen LogP contribution in [-0.4, -0.2) is 61.8 Å². The van der Waals surface area contributed by atoms with Crippen molar-refractivity contribution in [1.82, 2.24) is 4.90 Å². The maximum atomic E-state index is 13.1. The predicted octanol–water partition coefficient (Wildman–Crippen LogP) is 0.710. The molecule has 0 aliphatic carbocycles. The summed E-state index contributed by atoms with van der Waals surface area (Å²) in [5.41, 5.74) is 2.30. The van der Waals surface area contributed by atoms with Gasteiger partial charge in [-0.1, -0.05) is 18.2 Å². The number of carbonyl (C=O) groups excluding carboxylic acids is 2. The van der Waals surface area contributed by atoms with Gasteiger partial charge in [-0.25, -0.2) is 4.79 Å². The zero-order valence-corrected chi connectivity index (χ0v) is 15.3. The molecule has 6 nitrogen and oxygen atoms in total. The molecule has 2 aliphatic heterocycles. The lowest BCUT2D eigenvalue weighted by atomic mass is 10.1. The lowest BCUT2D eigenvalue weighted by Crippen LogP contribution is -3.19. The van der Waals surface area contributed by atoms with Crippen LogP contribution in [0.25, 0.3) is 0 Å². The Morgan fingerprint density at radius 3 is 2.64 bits per heavy atom. The summed E-state index contributed by atoms with van der Waals surface area (Å²) >= 11 is 0. The van der Waals surface area contributed by atoms with Crippen molar-refractivity contribution in [3.05, 3.63) is 29.8 Å². The van der Waals surface area contributed by atoms with Crippen LogP contribution in [-0.2, 0) is 16.0 Å². The van der Waals surface area contributed by atoms with Gasteiger partial charge in [-0.3, -0.25) is 9.69 Å². The van der Waals surface area contributed by atoms with E-state index in [4.69, 9.17) is 4.74 Å². The maximum absolute atomic E-state index is 13.1. The highest BCUT2D eigenvalue weighted by Crippen LogP contribution is 2.32. The van der Waals surface area contributed by atoms with Crippen molar-refractivity contribution in [3.8, 4) is 0 Å². The molecule has 2 amide bonds. The van der Waals surface area contributed by atoms with Gasteiger partial charge >= 0.3 is 6.09 Å². The summed E-state index contributed by atoms with van der Waals surface area (Å²) in [6, 6.07) is 8.26. The second-order valence-corrected chi connectivity index (χ2v) is 6.96.